The van der Waals surface area contributed by atoms with Crippen LogP contribution in [0.25, 0.3) is 0 Å². The fourth-order valence-electron chi connectivity index (χ4n) is 1.96. The number of ether oxygens (including phenoxy) is 2. The SMILES string of the molecule is Nc1cccc(OCC(=O)OC2CCCCNC2=O)c1. The molecule has 1 saturated heterocycles. The second kappa shape index (κ2) is 6.79. The highest BCUT2D eigenvalue weighted by Gasteiger charge is 2.24. The summed E-state index contributed by atoms with van der Waals surface area (Å²) in [5, 5.41) is 2.71. The number of benzene rings is 1. The molecule has 6 nitrogen and oxygen atoms in total. The monoisotopic (exact) mass is 278 g/mol. The highest BCUT2D eigenvalue weighted by molar-refractivity contribution is 5.84. The molecule has 0 radical (unpaired) electrons. The normalized spacial score (nSPS) is 18.8. The molecule has 0 bridgehead atoms. The molecule has 2 rings (SSSR count). The van der Waals surface area contributed by atoms with Gasteiger partial charge in [0.1, 0.15) is 5.75 Å². The van der Waals surface area contributed by atoms with Gasteiger partial charge in [-0.3, -0.25) is 4.79 Å². The van der Waals surface area contributed by atoms with Crippen LogP contribution >= 0.6 is 0 Å². The van der Waals surface area contributed by atoms with Crippen molar-refractivity contribution in [2.24, 2.45) is 0 Å². The number of rotatable bonds is 4. The van der Waals surface area contributed by atoms with Gasteiger partial charge in [-0.2, -0.15) is 0 Å². The zero-order chi connectivity index (χ0) is 14.4. The molecule has 6 heteroatoms. The summed E-state index contributed by atoms with van der Waals surface area (Å²) in [6.07, 6.45) is 1.59. The Bertz CT molecular complexity index is 490. The molecule has 0 aliphatic carbocycles. The van der Waals surface area contributed by atoms with Crippen molar-refractivity contribution >= 4 is 17.6 Å². The van der Waals surface area contributed by atoms with E-state index >= 15 is 0 Å². The summed E-state index contributed by atoms with van der Waals surface area (Å²) in [5.74, 6) is -0.304. The lowest BCUT2D eigenvalue weighted by Gasteiger charge is -2.14. The van der Waals surface area contributed by atoms with Crippen LogP contribution in [0.3, 0.4) is 0 Å². The van der Waals surface area contributed by atoms with E-state index in [-0.39, 0.29) is 12.5 Å². The fourth-order valence-corrected chi connectivity index (χ4v) is 1.96. The number of nitrogens with one attached hydrogen (secondary N) is 1. The smallest absolute Gasteiger partial charge is 0.344 e. The van der Waals surface area contributed by atoms with Crippen LogP contribution in [0.15, 0.2) is 24.3 Å². The molecular weight excluding hydrogens is 260 g/mol. The van der Waals surface area contributed by atoms with Gasteiger partial charge in [0.15, 0.2) is 12.7 Å². The van der Waals surface area contributed by atoms with E-state index in [0.29, 0.717) is 24.4 Å². The number of anilines is 1. The van der Waals surface area contributed by atoms with Gasteiger partial charge in [-0.1, -0.05) is 6.07 Å². The van der Waals surface area contributed by atoms with Crippen LogP contribution in [0, 0.1) is 0 Å². The molecule has 1 aliphatic rings. The average Bonchev–Trinajstić information content (AvgIpc) is 2.62. The standard InChI is InChI=1S/C14H18N2O4/c15-10-4-3-5-11(8-10)19-9-13(17)20-12-6-1-2-7-16-14(12)18/h3-5,8,12H,1-2,6-7,9,15H2,(H,16,18). The Balaban J connectivity index is 1.81. The summed E-state index contributed by atoms with van der Waals surface area (Å²) < 4.78 is 10.4. The first-order valence-corrected chi connectivity index (χ1v) is 6.60. The Kier molecular flexibility index (Phi) is 4.81. The minimum Gasteiger partial charge on any atom is -0.482 e. The maximum atomic E-state index is 11.7. The van der Waals surface area contributed by atoms with Gasteiger partial charge in [0, 0.05) is 18.3 Å². The number of carbonyl (C=O) groups excluding carboxylic acids is 2. The summed E-state index contributed by atoms with van der Waals surface area (Å²) in [7, 11) is 0. The first-order valence-electron chi connectivity index (χ1n) is 6.60. The van der Waals surface area contributed by atoms with Crippen LogP contribution in [0.5, 0.6) is 5.75 Å². The molecule has 3 N–H and O–H groups in total. The summed E-state index contributed by atoms with van der Waals surface area (Å²) >= 11 is 0. The van der Waals surface area contributed by atoms with Crippen LogP contribution in [0.4, 0.5) is 5.69 Å². The van der Waals surface area contributed by atoms with Crippen LogP contribution in [-0.4, -0.2) is 31.1 Å². The number of nitrogen functional groups attached to an aromatic ring is 1. The number of hydrogen-bond acceptors (Lipinski definition) is 5. The van der Waals surface area contributed by atoms with Crippen LogP contribution < -0.4 is 15.8 Å². The Morgan fingerprint density at radius 1 is 1.40 bits per heavy atom. The van der Waals surface area contributed by atoms with E-state index in [1.165, 1.54) is 0 Å². The molecule has 1 aromatic rings. The van der Waals surface area contributed by atoms with Crippen molar-refractivity contribution in [3.63, 3.8) is 0 Å². The Morgan fingerprint density at radius 2 is 2.25 bits per heavy atom. The average molecular weight is 278 g/mol. The maximum Gasteiger partial charge on any atom is 0.344 e. The molecule has 1 fully saturated rings. The molecule has 1 aromatic carbocycles. The molecule has 1 amide bonds. The van der Waals surface area contributed by atoms with Gasteiger partial charge in [0.2, 0.25) is 0 Å². The molecule has 0 aromatic heterocycles. The third-order valence-electron chi connectivity index (χ3n) is 2.97. The third-order valence-corrected chi connectivity index (χ3v) is 2.97. The van der Waals surface area contributed by atoms with E-state index in [0.717, 1.165) is 12.8 Å². The Labute approximate surface area is 117 Å². The van der Waals surface area contributed by atoms with Crippen molar-refractivity contribution in [3.05, 3.63) is 24.3 Å². The van der Waals surface area contributed by atoms with Crippen molar-refractivity contribution < 1.29 is 19.1 Å². The molecule has 1 aliphatic heterocycles. The number of amides is 1. The largest absolute Gasteiger partial charge is 0.482 e. The minimum atomic E-state index is -0.713. The predicted molar refractivity (Wildman–Crippen MR) is 73.1 cm³/mol. The third kappa shape index (κ3) is 4.15. The zero-order valence-electron chi connectivity index (χ0n) is 11.1. The molecule has 108 valence electrons. The summed E-state index contributed by atoms with van der Waals surface area (Å²) in [6.45, 7) is 0.389. The van der Waals surface area contributed by atoms with Crippen molar-refractivity contribution in [2.75, 3.05) is 18.9 Å². The van der Waals surface area contributed by atoms with Gasteiger partial charge in [0.05, 0.1) is 0 Å². The van der Waals surface area contributed by atoms with E-state index in [1.807, 2.05) is 0 Å². The van der Waals surface area contributed by atoms with Crippen LogP contribution in [0.2, 0.25) is 0 Å². The summed E-state index contributed by atoms with van der Waals surface area (Å²) in [4.78, 5) is 23.3. The van der Waals surface area contributed by atoms with Gasteiger partial charge in [-0.05, 0) is 31.4 Å². The van der Waals surface area contributed by atoms with Crippen molar-refractivity contribution in [3.8, 4) is 5.75 Å². The van der Waals surface area contributed by atoms with Gasteiger partial charge in [0.25, 0.3) is 5.91 Å². The first kappa shape index (κ1) is 14.2. The summed E-state index contributed by atoms with van der Waals surface area (Å²) in [5.41, 5.74) is 6.16. The second-order valence-corrected chi connectivity index (χ2v) is 4.63. The Morgan fingerprint density at radius 3 is 3.05 bits per heavy atom. The number of hydrogen-bond donors (Lipinski definition) is 2. The lowest BCUT2D eigenvalue weighted by molar-refractivity contribution is -0.157. The highest BCUT2D eigenvalue weighted by atomic mass is 16.6. The molecule has 1 atom stereocenters. The lowest BCUT2D eigenvalue weighted by atomic mass is 10.2. The second-order valence-electron chi connectivity index (χ2n) is 4.63. The van der Waals surface area contributed by atoms with Crippen molar-refractivity contribution in [1.29, 1.82) is 0 Å². The Hall–Kier alpha value is -2.24. The molecular formula is C14H18N2O4. The van der Waals surface area contributed by atoms with Gasteiger partial charge in [-0.15, -0.1) is 0 Å². The van der Waals surface area contributed by atoms with Gasteiger partial charge < -0.3 is 20.5 Å². The van der Waals surface area contributed by atoms with E-state index in [4.69, 9.17) is 15.2 Å². The summed E-state index contributed by atoms with van der Waals surface area (Å²) in [6, 6.07) is 6.77. The highest BCUT2D eigenvalue weighted by Crippen LogP contribution is 2.15. The quantitative estimate of drug-likeness (QED) is 0.629. The van der Waals surface area contributed by atoms with Gasteiger partial charge >= 0.3 is 5.97 Å². The van der Waals surface area contributed by atoms with E-state index in [9.17, 15) is 9.59 Å². The molecule has 0 spiro atoms. The van der Waals surface area contributed by atoms with E-state index in [2.05, 4.69) is 5.32 Å². The fraction of sp³-hybridized carbons (Fsp3) is 0.429. The maximum absolute atomic E-state index is 11.7. The topological polar surface area (TPSA) is 90.7 Å². The van der Waals surface area contributed by atoms with Crippen LogP contribution in [-0.2, 0) is 14.3 Å². The van der Waals surface area contributed by atoms with E-state index < -0.39 is 12.1 Å². The van der Waals surface area contributed by atoms with E-state index in [1.54, 1.807) is 24.3 Å². The molecule has 1 heterocycles. The first-order chi connectivity index (χ1) is 9.65. The number of esters is 1. The minimum absolute atomic E-state index is 0.236. The lowest BCUT2D eigenvalue weighted by Crippen LogP contribution is -2.37. The van der Waals surface area contributed by atoms with Crippen molar-refractivity contribution in [1.82, 2.24) is 5.32 Å². The zero-order valence-corrected chi connectivity index (χ0v) is 11.1. The molecule has 1 unspecified atom stereocenters. The molecule has 0 saturated carbocycles. The predicted octanol–water partition coefficient (Wildman–Crippen LogP) is 0.859. The van der Waals surface area contributed by atoms with Gasteiger partial charge in [-0.25, -0.2) is 4.79 Å². The molecule has 20 heavy (non-hydrogen) atoms. The number of carbonyl (C=O) groups is 2. The van der Waals surface area contributed by atoms with Crippen molar-refractivity contribution in [2.45, 2.75) is 25.4 Å². The number of nitrogens with two attached hydrogens (primary N) is 1. The van der Waals surface area contributed by atoms with Crippen LogP contribution in [0.1, 0.15) is 19.3 Å².